The first-order chi connectivity index (χ1) is 24.4. The molecular formula is C41H80NO7P. The summed E-state index contributed by atoms with van der Waals surface area (Å²) in [5.41, 5.74) is 5.36. The van der Waals surface area contributed by atoms with Gasteiger partial charge in [0.25, 0.3) is 0 Å². The Balaban J connectivity index is 4.10. The first-order valence-corrected chi connectivity index (χ1v) is 22.4. The largest absolute Gasteiger partial charge is 0.498 e. The quantitative estimate of drug-likeness (QED) is 0.0210. The predicted octanol–water partition coefficient (Wildman–Crippen LogP) is 12.4. The lowest BCUT2D eigenvalue weighted by atomic mass is 10.0. The molecule has 0 heterocycles. The molecule has 9 heteroatoms. The van der Waals surface area contributed by atoms with Crippen molar-refractivity contribution in [3.8, 4) is 0 Å². The van der Waals surface area contributed by atoms with Gasteiger partial charge in [0, 0.05) is 13.0 Å². The predicted molar refractivity (Wildman–Crippen MR) is 210 cm³/mol. The van der Waals surface area contributed by atoms with E-state index >= 15 is 0 Å². The van der Waals surface area contributed by atoms with Gasteiger partial charge in [-0.3, -0.25) is 13.8 Å². The van der Waals surface area contributed by atoms with E-state index in [9.17, 15) is 14.3 Å². The number of hydrogen-bond acceptors (Lipinski definition) is 7. The Morgan fingerprint density at radius 2 is 1.02 bits per heavy atom. The second kappa shape index (κ2) is 39.0. The summed E-state index contributed by atoms with van der Waals surface area (Å²) in [6, 6.07) is 0. The van der Waals surface area contributed by atoms with E-state index in [1.165, 1.54) is 135 Å². The SMILES string of the molecule is CCCCCCCC/C=C\CCCCCCCC(=O)O[C@H](CO/C=C\CCCCCCCCCCCCCCCC)COP(=O)(O)OCCN. The monoisotopic (exact) mass is 730 g/mol. The maximum absolute atomic E-state index is 12.5. The number of rotatable bonds is 40. The molecule has 2 atom stereocenters. The Morgan fingerprint density at radius 3 is 1.48 bits per heavy atom. The number of allylic oxidation sites excluding steroid dienone is 3. The number of unbranched alkanes of at least 4 members (excludes halogenated alkanes) is 25. The molecule has 0 fully saturated rings. The van der Waals surface area contributed by atoms with E-state index in [1.807, 2.05) is 6.08 Å². The fourth-order valence-electron chi connectivity index (χ4n) is 5.84. The van der Waals surface area contributed by atoms with Crippen LogP contribution in [0.1, 0.15) is 200 Å². The van der Waals surface area contributed by atoms with Gasteiger partial charge in [-0.25, -0.2) is 4.57 Å². The van der Waals surface area contributed by atoms with Crippen molar-refractivity contribution < 1.29 is 32.8 Å². The minimum absolute atomic E-state index is 0.0320. The Labute approximate surface area is 308 Å². The standard InChI is InChI=1S/C41H80NO7P/c1-3-5-7-9-11-13-15-17-19-21-23-25-27-29-31-33-36-46-38-40(39-48-50(44,45)47-37-35-42)49-41(43)34-32-30-28-26-24-22-20-18-16-14-12-10-8-6-4-2/h18,20,33,36,40H,3-17,19,21-32,34-35,37-39,42H2,1-2H3,(H,44,45)/b20-18-,36-33-/t40-/m1/s1. The smallest absolute Gasteiger partial charge is 0.472 e. The van der Waals surface area contributed by atoms with Gasteiger partial charge >= 0.3 is 13.8 Å². The van der Waals surface area contributed by atoms with Crippen molar-refractivity contribution in [3.63, 3.8) is 0 Å². The van der Waals surface area contributed by atoms with Crippen molar-refractivity contribution in [2.45, 2.75) is 206 Å². The summed E-state index contributed by atoms with van der Waals surface area (Å²) in [6.45, 7) is 4.24. The fourth-order valence-corrected chi connectivity index (χ4v) is 6.60. The normalized spacial score (nSPS) is 13.7. The molecule has 0 aromatic rings. The minimum atomic E-state index is -4.29. The molecule has 0 spiro atoms. The first kappa shape index (κ1) is 48.8. The molecule has 0 aliphatic rings. The van der Waals surface area contributed by atoms with Crippen LogP contribution in [0.25, 0.3) is 0 Å². The summed E-state index contributed by atoms with van der Waals surface area (Å²) >= 11 is 0. The van der Waals surface area contributed by atoms with E-state index in [0.29, 0.717) is 6.42 Å². The molecule has 0 aliphatic heterocycles. The lowest BCUT2D eigenvalue weighted by Gasteiger charge is -2.19. The number of phosphoric acid groups is 1. The van der Waals surface area contributed by atoms with Crippen LogP contribution >= 0.6 is 7.82 Å². The number of ether oxygens (including phenoxy) is 2. The molecule has 0 aromatic carbocycles. The second-order valence-corrected chi connectivity index (χ2v) is 15.4. The fraction of sp³-hybridized carbons (Fsp3) is 0.878. The van der Waals surface area contributed by atoms with Crippen LogP contribution in [0.3, 0.4) is 0 Å². The van der Waals surface area contributed by atoms with Crippen molar-refractivity contribution in [1.82, 2.24) is 0 Å². The van der Waals surface area contributed by atoms with E-state index in [-0.39, 0.29) is 32.3 Å². The molecule has 1 unspecified atom stereocenters. The Kier molecular flexibility index (Phi) is 38.1. The zero-order valence-corrected chi connectivity index (χ0v) is 33.5. The van der Waals surface area contributed by atoms with E-state index in [4.69, 9.17) is 24.3 Å². The van der Waals surface area contributed by atoms with Gasteiger partial charge in [0.05, 0.1) is 19.5 Å². The summed E-state index contributed by atoms with van der Waals surface area (Å²) in [6.07, 6.45) is 42.8. The van der Waals surface area contributed by atoms with Crippen molar-refractivity contribution >= 4 is 13.8 Å². The summed E-state index contributed by atoms with van der Waals surface area (Å²) in [7, 11) is -4.29. The minimum Gasteiger partial charge on any atom is -0.498 e. The number of esters is 1. The van der Waals surface area contributed by atoms with Crippen LogP contribution in [-0.2, 0) is 27.9 Å². The van der Waals surface area contributed by atoms with Crippen molar-refractivity contribution in [3.05, 3.63) is 24.5 Å². The highest BCUT2D eigenvalue weighted by Crippen LogP contribution is 2.43. The molecule has 50 heavy (non-hydrogen) atoms. The van der Waals surface area contributed by atoms with Gasteiger partial charge in [-0.2, -0.15) is 0 Å². The molecule has 0 radical (unpaired) electrons. The van der Waals surface area contributed by atoms with Gasteiger partial charge in [-0.1, -0.05) is 161 Å². The highest BCUT2D eigenvalue weighted by atomic mass is 31.2. The highest BCUT2D eigenvalue weighted by molar-refractivity contribution is 7.47. The molecule has 0 aromatic heterocycles. The van der Waals surface area contributed by atoms with Gasteiger partial charge < -0.3 is 20.1 Å². The Bertz CT molecular complexity index is 823. The third kappa shape index (κ3) is 38.1. The van der Waals surface area contributed by atoms with Crippen LogP contribution in [0.2, 0.25) is 0 Å². The lowest BCUT2D eigenvalue weighted by molar-refractivity contribution is -0.153. The van der Waals surface area contributed by atoms with E-state index < -0.39 is 13.9 Å². The zero-order valence-electron chi connectivity index (χ0n) is 32.6. The van der Waals surface area contributed by atoms with Crippen LogP contribution < -0.4 is 5.73 Å². The van der Waals surface area contributed by atoms with Gasteiger partial charge in [0.15, 0.2) is 6.10 Å². The molecule has 0 amide bonds. The lowest BCUT2D eigenvalue weighted by Crippen LogP contribution is -2.27. The van der Waals surface area contributed by atoms with Crippen molar-refractivity contribution in [1.29, 1.82) is 0 Å². The summed E-state index contributed by atoms with van der Waals surface area (Å²) in [5, 5.41) is 0. The molecule has 8 nitrogen and oxygen atoms in total. The zero-order chi connectivity index (χ0) is 36.6. The van der Waals surface area contributed by atoms with E-state index in [2.05, 4.69) is 26.0 Å². The Morgan fingerprint density at radius 1 is 0.600 bits per heavy atom. The maximum Gasteiger partial charge on any atom is 0.472 e. The average Bonchev–Trinajstić information content (AvgIpc) is 3.10. The molecule has 0 rings (SSSR count). The number of carbonyl (C=O) groups is 1. The van der Waals surface area contributed by atoms with Crippen molar-refractivity contribution in [2.75, 3.05) is 26.4 Å². The maximum atomic E-state index is 12.5. The summed E-state index contributed by atoms with van der Waals surface area (Å²) in [4.78, 5) is 22.4. The first-order valence-electron chi connectivity index (χ1n) is 20.9. The van der Waals surface area contributed by atoms with Crippen LogP contribution in [0, 0.1) is 0 Å². The third-order valence-electron chi connectivity index (χ3n) is 8.94. The van der Waals surface area contributed by atoms with Gasteiger partial charge in [-0.15, -0.1) is 0 Å². The summed E-state index contributed by atoms with van der Waals surface area (Å²) in [5.74, 6) is -0.359. The van der Waals surface area contributed by atoms with E-state index in [0.717, 1.165) is 44.9 Å². The number of carbonyl (C=O) groups excluding carboxylic acids is 1. The van der Waals surface area contributed by atoms with Crippen LogP contribution in [0.15, 0.2) is 24.5 Å². The topological polar surface area (TPSA) is 117 Å². The van der Waals surface area contributed by atoms with Crippen LogP contribution in [0.4, 0.5) is 0 Å². The summed E-state index contributed by atoms with van der Waals surface area (Å²) < 4.78 is 33.1. The van der Waals surface area contributed by atoms with Gasteiger partial charge in [0.1, 0.15) is 6.61 Å². The van der Waals surface area contributed by atoms with Crippen LogP contribution in [0.5, 0.6) is 0 Å². The van der Waals surface area contributed by atoms with E-state index in [1.54, 1.807) is 6.26 Å². The van der Waals surface area contributed by atoms with Gasteiger partial charge in [-0.05, 0) is 51.0 Å². The number of nitrogens with two attached hydrogens (primary N) is 1. The molecular weight excluding hydrogens is 649 g/mol. The molecule has 0 saturated heterocycles. The third-order valence-corrected chi connectivity index (χ3v) is 9.92. The molecule has 0 aliphatic carbocycles. The van der Waals surface area contributed by atoms with Crippen LogP contribution in [-0.4, -0.2) is 43.3 Å². The molecule has 0 saturated carbocycles. The highest BCUT2D eigenvalue weighted by Gasteiger charge is 2.25. The van der Waals surface area contributed by atoms with Crippen molar-refractivity contribution in [2.24, 2.45) is 5.73 Å². The molecule has 3 N–H and O–H groups in total. The number of hydrogen-bond donors (Lipinski definition) is 2. The Hall–Kier alpha value is -1.18. The second-order valence-electron chi connectivity index (χ2n) is 13.9. The number of phosphoric ester groups is 1. The molecule has 0 bridgehead atoms. The molecule has 296 valence electrons. The average molecular weight is 730 g/mol. The van der Waals surface area contributed by atoms with Gasteiger partial charge in [0.2, 0.25) is 0 Å².